The van der Waals surface area contributed by atoms with Crippen molar-refractivity contribution >= 4 is 23.6 Å². The van der Waals surface area contributed by atoms with E-state index >= 15 is 0 Å². The second-order valence-corrected chi connectivity index (χ2v) is 12.0. The first-order valence-corrected chi connectivity index (χ1v) is 16.0. The normalized spacial score (nSPS) is 16.0. The topological polar surface area (TPSA) is 115 Å². The van der Waals surface area contributed by atoms with Crippen molar-refractivity contribution in [2.75, 3.05) is 33.8 Å². The van der Waals surface area contributed by atoms with Crippen molar-refractivity contribution in [3.05, 3.63) is 93.5 Å². The molecule has 9 heteroatoms. The maximum atomic E-state index is 14.0. The number of nitrogens with zero attached hydrogens (tertiary/aromatic N) is 2. The second kappa shape index (κ2) is 15.9. The molecule has 4 rings (SSSR count). The van der Waals surface area contributed by atoms with Gasteiger partial charge in [-0.25, -0.2) is 4.79 Å². The fourth-order valence-electron chi connectivity index (χ4n) is 6.43. The highest BCUT2D eigenvalue weighted by atomic mass is 35.5. The summed E-state index contributed by atoms with van der Waals surface area (Å²) in [7, 11) is 3.17. The van der Waals surface area contributed by atoms with Gasteiger partial charge in [-0.15, -0.1) is 0 Å². The summed E-state index contributed by atoms with van der Waals surface area (Å²) in [4.78, 5) is 27.6. The largest absolute Gasteiger partial charge is 0.453 e. The number of alkyl carbamates (subject to hydrolysis) is 1. The van der Waals surface area contributed by atoms with Crippen LogP contribution in [0.2, 0.25) is 5.02 Å². The molecule has 0 saturated carbocycles. The molecule has 0 aromatic heterocycles. The van der Waals surface area contributed by atoms with Crippen molar-refractivity contribution < 1.29 is 19.4 Å². The minimum absolute atomic E-state index is 0.135. The van der Waals surface area contributed by atoms with Crippen LogP contribution in [0.15, 0.2) is 60.7 Å². The van der Waals surface area contributed by atoms with Crippen LogP contribution in [0.4, 0.5) is 4.79 Å². The van der Waals surface area contributed by atoms with Crippen molar-refractivity contribution in [2.24, 2.45) is 5.92 Å². The van der Waals surface area contributed by atoms with E-state index in [4.69, 9.17) is 16.3 Å². The summed E-state index contributed by atoms with van der Waals surface area (Å²) in [5.41, 5.74) is 4.44. The van der Waals surface area contributed by atoms with Crippen molar-refractivity contribution in [1.29, 1.82) is 5.26 Å². The maximum absolute atomic E-state index is 14.0. The number of rotatable bonds is 12. The number of piperidine rings is 1. The van der Waals surface area contributed by atoms with Crippen LogP contribution in [0.1, 0.15) is 65.2 Å². The van der Waals surface area contributed by atoms with Crippen molar-refractivity contribution in [3.8, 4) is 17.2 Å². The van der Waals surface area contributed by atoms with Crippen LogP contribution in [0, 0.1) is 17.2 Å². The average molecular weight is 631 g/mol. The van der Waals surface area contributed by atoms with Gasteiger partial charge in [0.1, 0.15) is 0 Å². The number of hydrogen-bond acceptors (Lipinski definition) is 6. The number of carbonyl (C=O) groups excluding carboxylic acids is 2. The lowest BCUT2D eigenvalue weighted by Gasteiger charge is -2.44. The highest BCUT2D eigenvalue weighted by Gasteiger charge is 2.43. The van der Waals surface area contributed by atoms with Gasteiger partial charge in [0.15, 0.2) is 0 Å². The number of benzene rings is 3. The van der Waals surface area contributed by atoms with E-state index in [1.807, 2.05) is 60.5 Å². The zero-order valence-corrected chi connectivity index (χ0v) is 27.1. The lowest BCUT2D eigenvalue weighted by molar-refractivity contribution is -0.0563. The minimum atomic E-state index is -1.36. The Balaban J connectivity index is 1.72. The van der Waals surface area contributed by atoms with Gasteiger partial charge in [0.2, 0.25) is 0 Å². The molecule has 3 N–H and O–H groups in total. The zero-order valence-electron chi connectivity index (χ0n) is 26.4. The third-order valence-electron chi connectivity index (χ3n) is 8.73. The van der Waals surface area contributed by atoms with Gasteiger partial charge in [0.25, 0.3) is 5.91 Å². The Bertz CT molecular complexity index is 1540. The van der Waals surface area contributed by atoms with Crippen molar-refractivity contribution in [1.82, 2.24) is 15.5 Å². The van der Waals surface area contributed by atoms with E-state index in [0.717, 1.165) is 28.7 Å². The summed E-state index contributed by atoms with van der Waals surface area (Å²) in [5, 5.41) is 28.7. The van der Waals surface area contributed by atoms with E-state index in [1.165, 1.54) is 7.11 Å². The van der Waals surface area contributed by atoms with Gasteiger partial charge in [-0.2, -0.15) is 5.26 Å². The molecule has 1 aliphatic heterocycles. The SMILES string of the molecule is CCc1cccc(-c2c(Cl)cccc2C(O)(CCCNC(=O)OC)[C@@H]2CCCN(C(=O)c3ccc(CNC)cc3CC#N)C2)c1. The molecule has 0 spiro atoms. The number of hydrogen-bond donors (Lipinski definition) is 3. The van der Waals surface area contributed by atoms with Gasteiger partial charge in [-0.1, -0.05) is 67.1 Å². The molecule has 0 radical (unpaired) electrons. The van der Waals surface area contributed by atoms with Crippen LogP contribution in [-0.4, -0.2) is 55.8 Å². The highest BCUT2D eigenvalue weighted by molar-refractivity contribution is 6.33. The Morgan fingerprint density at radius 1 is 1.16 bits per heavy atom. The number of likely N-dealkylation sites (tertiary alicyclic amines) is 1. The molecule has 1 unspecified atom stereocenters. The fraction of sp³-hybridized carbons (Fsp3) is 0.417. The molecule has 1 fully saturated rings. The van der Waals surface area contributed by atoms with E-state index in [9.17, 15) is 20.0 Å². The number of amides is 2. The Morgan fingerprint density at radius 2 is 1.96 bits per heavy atom. The molecule has 3 aromatic rings. The fourth-order valence-corrected chi connectivity index (χ4v) is 6.71. The zero-order chi connectivity index (χ0) is 32.4. The molecule has 238 valence electrons. The summed E-state index contributed by atoms with van der Waals surface area (Å²) in [5.74, 6) is -0.444. The quantitative estimate of drug-likeness (QED) is 0.204. The molecule has 1 saturated heterocycles. The van der Waals surface area contributed by atoms with Crippen LogP contribution in [0.3, 0.4) is 0 Å². The van der Waals surface area contributed by atoms with Gasteiger partial charge in [0, 0.05) is 48.2 Å². The van der Waals surface area contributed by atoms with E-state index in [0.29, 0.717) is 73.6 Å². The molecule has 1 aliphatic rings. The molecule has 0 aliphatic carbocycles. The Morgan fingerprint density at radius 3 is 2.69 bits per heavy atom. The Hall–Kier alpha value is -3.90. The maximum Gasteiger partial charge on any atom is 0.406 e. The predicted octanol–water partition coefficient (Wildman–Crippen LogP) is 6.23. The molecule has 45 heavy (non-hydrogen) atoms. The van der Waals surface area contributed by atoms with Crippen LogP contribution in [0.5, 0.6) is 0 Å². The van der Waals surface area contributed by atoms with Crippen LogP contribution < -0.4 is 10.6 Å². The van der Waals surface area contributed by atoms with Crippen LogP contribution in [-0.2, 0) is 29.7 Å². The van der Waals surface area contributed by atoms with Gasteiger partial charge in [0.05, 0.1) is 25.2 Å². The third-order valence-corrected chi connectivity index (χ3v) is 9.04. The van der Waals surface area contributed by atoms with E-state index < -0.39 is 11.7 Å². The molecule has 0 bridgehead atoms. The molecule has 2 atom stereocenters. The highest BCUT2D eigenvalue weighted by Crippen LogP contribution is 2.46. The van der Waals surface area contributed by atoms with Gasteiger partial charge >= 0.3 is 6.09 Å². The molecular weight excluding hydrogens is 588 g/mol. The minimum Gasteiger partial charge on any atom is -0.453 e. The molecule has 1 heterocycles. The van der Waals surface area contributed by atoms with Crippen molar-refractivity contribution in [3.63, 3.8) is 0 Å². The second-order valence-electron chi connectivity index (χ2n) is 11.6. The van der Waals surface area contributed by atoms with E-state index in [-0.39, 0.29) is 18.2 Å². The summed E-state index contributed by atoms with van der Waals surface area (Å²) in [6.07, 6.45) is 2.71. The first kappa shape index (κ1) is 34.0. The number of aryl methyl sites for hydroxylation is 1. The third kappa shape index (κ3) is 8.04. The lowest BCUT2D eigenvalue weighted by atomic mass is 9.72. The number of nitrogens with one attached hydrogen (secondary N) is 2. The summed E-state index contributed by atoms with van der Waals surface area (Å²) in [6, 6.07) is 21.7. The number of halogens is 1. The lowest BCUT2D eigenvalue weighted by Crippen LogP contribution is -2.48. The number of nitriles is 1. The van der Waals surface area contributed by atoms with Gasteiger partial charge in [-0.05, 0) is 79.1 Å². The van der Waals surface area contributed by atoms with Crippen LogP contribution in [0.25, 0.3) is 11.1 Å². The molecule has 2 amide bonds. The summed E-state index contributed by atoms with van der Waals surface area (Å²) >= 11 is 6.89. The Kier molecular flexibility index (Phi) is 12.0. The number of carbonyl (C=O) groups is 2. The Labute approximate surface area is 271 Å². The summed E-state index contributed by atoms with van der Waals surface area (Å²) in [6.45, 7) is 3.95. The summed E-state index contributed by atoms with van der Waals surface area (Å²) < 4.78 is 4.73. The molecular formula is C36H43ClN4O4. The monoisotopic (exact) mass is 630 g/mol. The van der Waals surface area contributed by atoms with Crippen LogP contribution >= 0.6 is 11.6 Å². The number of ether oxygens (including phenoxy) is 1. The average Bonchev–Trinajstić information content (AvgIpc) is 3.06. The van der Waals surface area contributed by atoms with Crippen molar-refractivity contribution in [2.45, 2.75) is 57.6 Å². The van der Waals surface area contributed by atoms with E-state index in [2.05, 4.69) is 35.8 Å². The van der Waals surface area contributed by atoms with Gasteiger partial charge < -0.3 is 25.4 Å². The first-order chi connectivity index (χ1) is 21.7. The van der Waals surface area contributed by atoms with Gasteiger partial charge in [-0.3, -0.25) is 4.79 Å². The standard InChI is InChI=1S/C36H43ClN4O4/c1-4-25-9-5-10-28(21-25)33-31(12-6-13-32(33)37)36(44,17-8-19-40-35(43)45-3)29-11-7-20-41(24-29)34(42)30-15-14-26(23-39-2)22-27(30)16-18-38/h5-6,9-10,12-15,21-22,29,39,44H,4,7-8,11,16-17,19-20,23-24H2,1-3H3,(H,40,43)/t29-,36?/m1/s1. The molecule has 8 nitrogen and oxygen atoms in total. The first-order valence-electron chi connectivity index (χ1n) is 15.6. The predicted molar refractivity (Wildman–Crippen MR) is 177 cm³/mol. The number of aliphatic hydroxyl groups is 1. The number of methoxy groups -OCH3 is 1. The molecule has 3 aromatic carbocycles. The smallest absolute Gasteiger partial charge is 0.406 e. The van der Waals surface area contributed by atoms with E-state index in [1.54, 1.807) is 0 Å².